The van der Waals surface area contributed by atoms with Gasteiger partial charge >= 0.3 is 0 Å². The molecule has 0 aliphatic heterocycles. The summed E-state index contributed by atoms with van der Waals surface area (Å²) in [6, 6.07) is 10.1. The summed E-state index contributed by atoms with van der Waals surface area (Å²) in [5, 5.41) is 3.58. The number of halogens is 1. The van der Waals surface area contributed by atoms with Gasteiger partial charge in [-0.3, -0.25) is 9.78 Å². The maximum absolute atomic E-state index is 13.6. The van der Waals surface area contributed by atoms with Crippen molar-refractivity contribution >= 4 is 23.4 Å². The number of carbonyl (C=O) groups excluding carboxylic acids is 1. The SMILES string of the molecule is Cn1ccnc1Sc1ccc(F)cc1NC(=O)CCCc1ccccn1. The molecular formula is C19H19FN4OS. The molecule has 2 aromatic heterocycles. The molecule has 0 aliphatic carbocycles. The number of imidazole rings is 1. The Hall–Kier alpha value is -2.67. The van der Waals surface area contributed by atoms with E-state index < -0.39 is 5.82 Å². The number of pyridine rings is 1. The Morgan fingerprint density at radius 2 is 2.12 bits per heavy atom. The van der Waals surface area contributed by atoms with Crippen LogP contribution in [0.2, 0.25) is 0 Å². The van der Waals surface area contributed by atoms with Crippen LogP contribution in [-0.2, 0) is 18.3 Å². The van der Waals surface area contributed by atoms with Crippen LogP contribution in [-0.4, -0.2) is 20.4 Å². The van der Waals surface area contributed by atoms with Crippen LogP contribution in [0.5, 0.6) is 0 Å². The summed E-state index contributed by atoms with van der Waals surface area (Å²) < 4.78 is 15.5. The monoisotopic (exact) mass is 370 g/mol. The second kappa shape index (κ2) is 8.62. The summed E-state index contributed by atoms with van der Waals surface area (Å²) in [4.78, 5) is 21.5. The van der Waals surface area contributed by atoms with Gasteiger partial charge in [-0.1, -0.05) is 6.07 Å². The molecule has 0 aliphatic rings. The molecule has 3 rings (SSSR count). The molecule has 0 bridgehead atoms. The Bertz CT molecular complexity index is 882. The fourth-order valence-corrected chi connectivity index (χ4v) is 3.30. The molecule has 5 nitrogen and oxygen atoms in total. The first-order chi connectivity index (χ1) is 12.6. The van der Waals surface area contributed by atoms with Gasteiger partial charge in [-0.05, 0) is 54.9 Å². The van der Waals surface area contributed by atoms with Gasteiger partial charge in [-0.15, -0.1) is 0 Å². The standard InChI is InChI=1S/C19H19FN4OS/c1-24-12-11-22-19(24)26-17-9-8-14(20)13-16(17)23-18(25)7-4-6-15-5-2-3-10-21-15/h2-3,5,8-13H,4,6-7H2,1H3,(H,23,25). The summed E-state index contributed by atoms with van der Waals surface area (Å²) in [6.07, 6.45) is 7.03. The second-order valence-corrected chi connectivity index (χ2v) is 6.80. The molecule has 0 spiro atoms. The van der Waals surface area contributed by atoms with E-state index in [0.29, 0.717) is 18.5 Å². The molecule has 0 atom stereocenters. The summed E-state index contributed by atoms with van der Waals surface area (Å²) >= 11 is 1.38. The van der Waals surface area contributed by atoms with E-state index in [-0.39, 0.29) is 5.91 Å². The van der Waals surface area contributed by atoms with Gasteiger partial charge in [0.25, 0.3) is 0 Å². The molecule has 0 radical (unpaired) electrons. The van der Waals surface area contributed by atoms with E-state index in [1.54, 1.807) is 18.5 Å². The Morgan fingerprint density at radius 1 is 1.23 bits per heavy atom. The van der Waals surface area contributed by atoms with Crippen LogP contribution in [0.15, 0.2) is 65.0 Å². The van der Waals surface area contributed by atoms with Gasteiger partial charge in [0, 0.05) is 42.6 Å². The number of anilines is 1. The minimum atomic E-state index is -0.391. The van der Waals surface area contributed by atoms with E-state index in [1.807, 2.05) is 36.0 Å². The third-order valence-electron chi connectivity index (χ3n) is 3.76. The van der Waals surface area contributed by atoms with Crippen LogP contribution in [0.3, 0.4) is 0 Å². The number of nitrogens with zero attached hydrogens (tertiary/aromatic N) is 3. The van der Waals surface area contributed by atoms with E-state index in [0.717, 1.165) is 22.2 Å². The van der Waals surface area contributed by atoms with E-state index >= 15 is 0 Å². The topological polar surface area (TPSA) is 59.8 Å². The summed E-state index contributed by atoms with van der Waals surface area (Å²) in [5.41, 5.74) is 1.41. The smallest absolute Gasteiger partial charge is 0.224 e. The van der Waals surface area contributed by atoms with Crippen molar-refractivity contribution < 1.29 is 9.18 Å². The lowest BCUT2D eigenvalue weighted by molar-refractivity contribution is -0.116. The van der Waals surface area contributed by atoms with Crippen LogP contribution in [0.1, 0.15) is 18.5 Å². The highest BCUT2D eigenvalue weighted by Gasteiger charge is 2.12. The van der Waals surface area contributed by atoms with Crippen molar-refractivity contribution in [3.63, 3.8) is 0 Å². The van der Waals surface area contributed by atoms with Crippen molar-refractivity contribution in [2.24, 2.45) is 7.05 Å². The number of benzene rings is 1. The maximum Gasteiger partial charge on any atom is 0.224 e. The molecule has 0 unspecified atom stereocenters. The molecule has 0 saturated carbocycles. The van der Waals surface area contributed by atoms with Crippen molar-refractivity contribution in [2.45, 2.75) is 29.3 Å². The highest BCUT2D eigenvalue weighted by molar-refractivity contribution is 7.99. The van der Waals surface area contributed by atoms with E-state index in [1.165, 1.54) is 23.9 Å². The zero-order valence-corrected chi connectivity index (χ0v) is 15.2. The van der Waals surface area contributed by atoms with Crippen LogP contribution in [0.25, 0.3) is 0 Å². The Labute approximate surface area is 155 Å². The second-order valence-electron chi connectivity index (χ2n) is 5.79. The lowest BCUT2D eigenvalue weighted by atomic mass is 10.1. The van der Waals surface area contributed by atoms with E-state index in [9.17, 15) is 9.18 Å². The van der Waals surface area contributed by atoms with Crippen LogP contribution < -0.4 is 5.32 Å². The molecule has 1 N–H and O–H groups in total. The number of rotatable bonds is 7. The molecule has 26 heavy (non-hydrogen) atoms. The fraction of sp³-hybridized carbons (Fsp3) is 0.211. The predicted octanol–water partition coefficient (Wildman–Crippen LogP) is 4.07. The lowest BCUT2D eigenvalue weighted by Crippen LogP contribution is -2.12. The Morgan fingerprint density at radius 3 is 2.85 bits per heavy atom. The lowest BCUT2D eigenvalue weighted by Gasteiger charge is -2.11. The van der Waals surface area contributed by atoms with Crippen LogP contribution >= 0.6 is 11.8 Å². The van der Waals surface area contributed by atoms with Gasteiger partial charge in [0.15, 0.2) is 5.16 Å². The molecule has 0 fully saturated rings. The summed E-state index contributed by atoms with van der Waals surface area (Å²) in [6.45, 7) is 0. The van der Waals surface area contributed by atoms with Gasteiger partial charge in [0.2, 0.25) is 5.91 Å². The molecular weight excluding hydrogens is 351 g/mol. The quantitative estimate of drug-likeness (QED) is 0.681. The molecule has 3 aromatic rings. The molecule has 2 heterocycles. The number of hydrogen-bond acceptors (Lipinski definition) is 4. The number of aryl methyl sites for hydroxylation is 2. The third kappa shape index (κ3) is 4.92. The van der Waals surface area contributed by atoms with Gasteiger partial charge < -0.3 is 9.88 Å². The van der Waals surface area contributed by atoms with Gasteiger partial charge in [0.1, 0.15) is 5.82 Å². The molecule has 1 amide bonds. The normalized spacial score (nSPS) is 10.7. The number of hydrogen-bond donors (Lipinski definition) is 1. The average molecular weight is 370 g/mol. The first-order valence-electron chi connectivity index (χ1n) is 8.26. The minimum Gasteiger partial charge on any atom is -0.329 e. The number of aromatic nitrogens is 3. The number of amides is 1. The predicted molar refractivity (Wildman–Crippen MR) is 99.5 cm³/mol. The summed E-state index contributed by atoms with van der Waals surface area (Å²) in [7, 11) is 1.88. The van der Waals surface area contributed by atoms with Crippen molar-refractivity contribution in [3.8, 4) is 0 Å². The van der Waals surface area contributed by atoms with E-state index in [4.69, 9.17) is 0 Å². The molecule has 1 aromatic carbocycles. The minimum absolute atomic E-state index is 0.145. The molecule has 7 heteroatoms. The molecule has 0 saturated heterocycles. The van der Waals surface area contributed by atoms with E-state index in [2.05, 4.69) is 15.3 Å². The van der Waals surface area contributed by atoms with Crippen LogP contribution in [0.4, 0.5) is 10.1 Å². The highest BCUT2D eigenvalue weighted by atomic mass is 32.2. The van der Waals surface area contributed by atoms with Crippen molar-refractivity contribution in [1.29, 1.82) is 0 Å². The van der Waals surface area contributed by atoms with Crippen molar-refractivity contribution in [2.75, 3.05) is 5.32 Å². The number of carbonyl (C=O) groups is 1. The van der Waals surface area contributed by atoms with Crippen molar-refractivity contribution in [1.82, 2.24) is 14.5 Å². The Kier molecular flexibility index (Phi) is 6.01. The first kappa shape index (κ1) is 18.1. The summed E-state index contributed by atoms with van der Waals surface area (Å²) in [5.74, 6) is -0.536. The number of nitrogens with one attached hydrogen (secondary N) is 1. The average Bonchev–Trinajstić information content (AvgIpc) is 3.03. The zero-order chi connectivity index (χ0) is 18.4. The first-order valence-corrected chi connectivity index (χ1v) is 9.08. The van der Waals surface area contributed by atoms with Gasteiger partial charge in [0.05, 0.1) is 5.69 Å². The third-order valence-corrected chi connectivity index (χ3v) is 4.91. The van der Waals surface area contributed by atoms with Crippen molar-refractivity contribution in [3.05, 3.63) is 66.5 Å². The highest BCUT2D eigenvalue weighted by Crippen LogP contribution is 2.33. The largest absolute Gasteiger partial charge is 0.329 e. The van der Waals surface area contributed by atoms with Gasteiger partial charge in [-0.2, -0.15) is 0 Å². The maximum atomic E-state index is 13.6. The Balaban J connectivity index is 1.62. The molecule has 134 valence electrons. The zero-order valence-electron chi connectivity index (χ0n) is 14.4. The van der Waals surface area contributed by atoms with Gasteiger partial charge in [-0.25, -0.2) is 9.37 Å². The van der Waals surface area contributed by atoms with Crippen LogP contribution in [0, 0.1) is 5.82 Å². The fourth-order valence-electron chi connectivity index (χ4n) is 2.43.